The van der Waals surface area contributed by atoms with Crippen LogP contribution in [0.2, 0.25) is 0 Å². The Morgan fingerprint density at radius 1 is 1.42 bits per heavy atom. The molecule has 1 aromatic rings. The van der Waals surface area contributed by atoms with Crippen molar-refractivity contribution in [3.05, 3.63) is 39.6 Å². The molecule has 1 atom stereocenters. The molecule has 0 aromatic carbocycles. The van der Waals surface area contributed by atoms with Crippen LogP contribution in [0.25, 0.3) is 0 Å². The standard InChI is InChI=1S/C19H25N3O4/c1-12(2)6-8-19(18(25)26)7-3-9-22(11-19)17(24)14-10-20-15(13-4-5-13)21-16(14)23/h6,10,13H,3-5,7-9,11H2,1-2H3,(H,25,26)(H,20,21,23). The molecule has 2 fully saturated rings. The van der Waals surface area contributed by atoms with Crippen LogP contribution in [0.3, 0.4) is 0 Å². The summed E-state index contributed by atoms with van der Waals surface area (Å²) < 4.78 is 0. The zero-order valence-electron chi connectivity index (χ0n) is 15.2. The van der Waals surface area contributed by atoms with Crippen molar-refractivity contribution < 1.29 is 14.7 Å². The number of aliphatic carboxylic acids is 1. The van der Waals surface area contributed by atoms with E-state index in [4.69, 9.17) is 0 Å². The Kier molecular flexibility index (Phi) is 4.98. The van der Waals surface area contributed by atoms with E-state index in [1.807, 2.05) is 19.9 Å². The number of nitrogens with one attached hydrogen (secondary N) is 1. The van der Waals surface area contributed by atoms with Crippen LogP contribution in [0.15, 0.2) is 22.6 Å². The third-order valence-electron chi connectivity index (χ3n) is 5.23. The average molecular weight is 359 g/mol. The minimum Gasteiger partial charge on any atom is -0.481 e. The first-order valence-electron chi connectivity index (χ1n) is 9.08. The number of hydrogen-bond acceptors (Lipinski definition) is 4. The van der Waals surface area contributed by atoms with Crippen molar-refractivity contribution in [3.63, 3.8) is 0 Å². The van der Waals surface area contributed by atoms with Gasteiger partial charge in [0.15, 0.2) is 0 Å². The van der Waals surface area contributed by atoms with Gasteiger partial charge < -0.3 is 15.0 Å². The number of hydrogen-bond donors (Lipinski definition) is 2. The van der Waals surface area contributed by atoms with Gasteiger partial charge in [0.25, 0.3) is 11.5 Å². The lowest BCUT2D eigenvalue weighted by Crippen LogP contribution is -2.50. The number of carboxylic acid groups (broad SMARTS) is 1. The highest BCUT2D eigenvalue weighted by Gasteiger charge is 2.43. The number of carboxylic acids is 1. The van der Waals surface area contributed by atoms with Crippen LogP contribution in [0.5, 0.6) is 0 Å². The van der Waals surface area contributed by atoms with E-state index in [9.17, 15) is 19.5 Å². The molecule has 1 aliphatic heterocycles. The Morgan fingerprint density at radius 2 is 2.15 bits per heavy atom. The molecule has 0 spiro atoms. The lowest BCUT2D eigenvalue weighted by atomic mass is 9.76. The molecule has 0 radical (unpaired) electrons. The van der Waals surface area contributed by atoms with Gasteiger partial charge in [0.2, 0.25) is 0 Å². The summed E-state index contributed by atoms with van der Waals surface area (Å²) in [5.41, 5.74) is -0.412. The molecular formula is C19H25N3O4. The summed E-state index contributed by atoms with van der Waals surface area (Å²) >= 11 is 0. The average Bonchev–Trinajstić information content (AvgIpc) is 3.44. The van der Waals surface area contributed by atoms with Gasteiger partial charge in [0, 0.05) is 25.2 Å². The van der Waals surface area contributed by atoms with Gasteiger partial charge in [-0.05, 0) is 46.0 Å². The van der Waals surface area contributed by atoms with E-state index in [-0.39, 0.29) is 12.1 Å². The highest BCUT2D eigenvalue weighted by Crippen LogP contribution is 2.37. The van der Waals surface area contributed by atoms with E-state index < -0.39 is 22.9 Å². The SMILES string of the molecule is CC(C)=CCC1(C(=O)O)CCCN(C(=O)c2cnc(C3CC3)[nH]c2=O)C1. The monoisotopic (exact) mass is 359 g/mol. The fourth-order valence-corrected chi connectivity index (χ4v) is 3.43. The maximum Gasteiger partial charge on any atom is 0.311 e. The van der Waals surface area contributed by atoms with Crippen LogP contribution in [-0.2, 0) is 4.79 Å². The van der Waals surface area contributed by atoms with Gasteiger partial charge in [0.05, 0.1) is 5.41 Å². The Labute approximate surface area is 152 Å². The predicted octanol–water partition coefficient (Wildman–Crippen LogP) is 2.31. The lowest BCUT2D eigenvalue weighted by Gasteiger charge is -2.39. The van der Waals surface area contributed by atoms with Crippen molar-refractivity contribution >= 4 is 11.9 Å². The molecule has 2 aliphatic rings. The van der Waals surface area contributed by atoms with Crippen LogP contribution in [0, 0.1) is 5.41 Å². The highest BCUT2D eigenvalue weighted by molar-refractivity contribution is 5.94. The van der Waals surface area contributed by atoms with Crippen molar-refractivity contribution in [2.24, 2.45) is 5.41 Å². The molecule has 1 saturated carbocycles. The maximum absolute atomic E-state index is 12.8. The summed E-state index contributed by atoms with van der Waals surface area (Å²) in [5, 5.41) is 9.78. The first-order chi connectivity index (χ1) is 12.3. The summed E-state index contributed by atoms with van der Waals surface area (Å²) in [6.07, 6.45) is 6.75. The number of aromatic amines is 1. The van der Waals surface area contributed by atoms with Crippen molar-refractivity contribution in [1.82, 2.24) is 14.9 Å². The Balaban J connectivity index is 1.82. The molecule has 7 nitrogen and oxygen atoms in total. The summed E-state index contributed by atoms with van der Waals surface area (Å²) in [4.78, 5) is 45.5. The van der Waals surface area contributed by atoms with Crippen molar-refractivity contribution in [2.45, 2.75) is 51.9 Å². The van der Waals surface area contributed by atoms with Gasteiger partial charge in [-0.2, -0.15) is 0 Å². The van der Waals surface area contributed by atoms with Gasteiger partial charge >= 0.3 is 5.97 Å². The third kappa shape index (κ3) is 3.71. The molecule has 140 valence electrons. The molecule has 2 heterocycles. The van der Waals surface area contributed by atoms with Gasteiger partial charge in [0.1, 0.15) is 11.4 Å². The molecule has 3 rings (SSSR count). The van der Waals surface area contributed by atoms with Crippen molar-refractivity contribution in [3.8, 4) is 0 Å². The molecule has 1 saturated heterocycles. The molecule has 0 bridgehead atoms. The molecule has 1 aromatic heterocycles. The normalized spacial score (nSPS) is 22.8. The maximum atomic E-state index is 12.8. The van der Waals surface area contributed by atoms with Crippen LogP contribution in [0.4, 0.5) is 0 Å². The van der Waals surface area contributed by atoms with Crippen molar-refractivity contribution in [2.75, 3.05) is 13.1 Å². The number of nitrogens with zero attached hydrogens (tertiary/aromatic N) is 2. The molecule has 2 N–H and O–H groups in total. The number of aromatic nitrogens is 2. The van der Waals surface area contributed by atoms with Crippen LogP contribution in [0.1, 0.15) is 68.1 Å². The number of amides is 1. The second kappa shape index (κ2) is 7.05. The van der Waals surface area contributed by atoms with E-state index in [0.29, 0.717) is 37.5 Å². The minimum atomic E-state index is -1.00. The summed E-state index contributed by atoms with van der Waals surface area (Å²) in [6, 6.07) is 0. The Hall–Kier alpha value is -2.44. The van der Waals surface area contributed by atoms with E-state index in [0.717, 1.165) is 18.4 Å². The number of H-pyrrole nitrogens is 1. The minimum absolute atomic E-state index is 0.0159. The largest absolute Gasteiger partial charge is 0.481 e. The second-order valence-electron chi connectivity index (χ2n) is 7.69. The lowest BCUT2D eigenvalue weighted by molar-refractivity contribution is -0.151. The first-order valence-corrected chi connectivity index (χ1v) is 9.08. The fourth-order valence-electron chi connectivity index (χ4n) is 3.43. The number of piperidine rings is 1. The van der Waals surface area contributed by atoms with E-state index in [2.05, 4.69) is 9.97 Å². The number of allylic oxidation sites excluding steroid dienone is 2. The number of rotatable bonds is 5. The highest BCUT2D eigenvalue weighted by atomic mass is 16.4. The zero-order chi connectivity index (χ0) is 18.9. The van der Waals surface area contributed by atoms with Crippen molar-refractivity contribution in [1.29, 1.82) is 0 Å². The molecule has 1 amide bonds. The van der Waals surface area contributed by atoms with E-state index in [1.54, 1.807) is 0 Å². The molecule has 1 aliphatic carbocycles. The summed E-state index contributed by atoms with van der Waals surface area (Å²) in [5.74, 6) is -0.411. The Morgan fingerprint density at radius 3 is 2.73 bits per heavy atom. The number of carbonyl (C=O) groups excluding carboxylic acids is 1. The number of likely N-dealkylation sites (tertiary alicyclic amines) is 1. The second-order valence-corrected chi connectivity index (χ2v) is 7.69. The molecule has 26 heavy (non-hydrogen) atoms. The van der Waals surface area contributed by atoms with Crippen LogP contribution >= 0.6 is 0 Å². The third-order valence-corrected chi connectivity index (χ3v) is 5.23. The summed E-state index contributed by atoms with van der Waals surface area (Å²) in [6.45, 7) is 4.41. The fraction of sp³-hybridized carbons (Fsp3) is 0.579. The predicted molar refractivity (Wildman–Crippen MR) is 96.1 cm³/mol. The number of carbonyl (C=O) groups is 2. The summed E-state index contributed by atoms with van der Waals surface area (Å²) in [7, 11) is 0. The first kappa shape index (κ1) is 18.4. The van der Waals surface area contributed by atoms with Crippen LogP contribution < -0.4 is 5.56 Å². The topological polar surface area (TPSA) is 103 Å². The van der Waals surface area contributed by atoms with Gasteiger partial charge in [-0.15, -0.1) is 0 Å². The zero-order valence-corrected chi connectivity index (χ0v) is 15.2. The quantitative estimate of drug-likeness (QED) is 0.785. The van der Waals surface area contributed by atoms with Gasteiger partial charge in [-0.3, -0.25) is 14.4 Å². The Bertz CT molecular complexity index is 805. The molecular weight excluding hydrogens is 334 g/mol. The molecule has 7 heteroatoms. The molecule has 1 unspecified atom stereocenters. The van der Waals surface area contributed by atoms with Gasteiger partial charge in [-0.1, -0.05) is 11.6 Å². The van der Waals surface area contributed by atoms with E-state index >= 15 is 0 Å². The van der Waals surface area contributed by atoms with E-state index in [1.165, 1.54) is 11.1 Å². The van der Waals surface area contributed by atoms with Gasteiger partial charge in [-0.25, -0.2) is 4.98 Å². The smallest absolute Gasteiger partial charge is 0.311 e. The van der Waals surface area contributed by atoms with Crippen LogP contribution in [-0.4, -0.2) is 44.9 Å².